The van der Waals surface area contributed by atoms with Gasteiger partial charge in [0.1, 0.15) is 0 Å². The Labute approximate surface area is 135 Å². The van der Waals surface area contributed by atoms with Gasteiger partial charge >= 0.3 is 0 Å². The minimum Gasteiger partial charge on any atom is -0.519 e. The van der Waals surface area contributed by atoms with E-state index in [1.807, 2.05) is 20.8 Å². The van der Waals surface area contributed by atoms with Crippen LogP contribution >= 0.6 is 0 Å². The van der Waals surface area contributed by atoms with Gasteiger partial charge in [0.2, 0.25) is 9.76 Å². The van der Waals surface area contributed by atoms with Crippen LogP contribution in [0.3, 0.4) is 0 Å². The molecule has 0 spiro atoms. The molecule has 5 heteroatoms. The Morgan fingerprint density at radius 2 is 1.52 bits per heavy atom. The Bertz CT molecular complexity index is 298. The van der Waals surface area contributed by atoms with Crippen LogP contribution in [0.2, 0.25) is 23.7 Å². The summed E-state index contributed by atoms with van der Waals surface area (Å²) in [6.45, 7) is 17.1. The highest BCUT2D eigenvalue weighted by atomic mass is 28.4. The summed E-state index contributed by atoms with van der Waals surface area (Å²) in [6.07, 6.45) is 2.38. The maximum absolute atomic E-state index is 12.4. The average molecular weight is 331 g/mol. The highest BCUT2D eigenvalue weighted by molar-refractivity contribution is 6.76. The zero-order valence-corrected chi connectivity index (χ0v) is 17.2. The predicted molar refractivity (Wildman–Crippen MR) is 93.1 cm³/mol. The first-order valence-electron chi connectivity index (χ1n) is 8.30. The van der Waals surface area contributed by atoms with E-state index in [1.54, 1.807) is 0 Å². The van der Waals surface area contributed by atoms with Crippen molar-refractivity contribution >= 4 is 24.0 Å². The molecule has 0 aromatic carbocycles. The third kappa shape index (κ3) is 6.65. The molecule has 0 amide bonds. The standard InChI is InChI=1S/C16H34O3Si2/c1-9-14(6)21(8,15(7)10-2)19-16(17)13(5)11-20-18-12(3)4/h12-15H,9-11H2,1-8H3. The van der Waals surface area contributed by atoms with Crippen molar-refractivity contribution in [1.29, 1.82) is 0 Å². The molecular formula is C16H34O3Si2. The van der Waals surface area contributed by atoms with Crippen LogP contribution in [0.4, 0.5) is 0 Å². The molecule has 0 aliphatic heterocycles. The van der Waals surface area contributed by atoms with Gasteiger partial charge in [0.15, 0.2) is 0 Å². The van der Waals surface area contributed by atoms with E-state index in [4.69, 9.17) is 8.85 Å². The molecule has 2 radical (unpaired) electrons. The lowest BCUT2D eigenvalue weighted by molar-refractivity contribution is -0.139. The molecular weight excluding hydrogens is 296 g/mol. The second-order valence-electron chi connectivity index (χ2n) is 6.64. The molecule has 0 bridgehead atoms. The van der Waals surface area contributed by atoms with Crippen molar-refractivity contribution in [3.63, 3.8) is 0 Å². The van der Waals surface area contributed by atoms with Gasteiger partial charge < -0.3 is 8.85 Å². The number of hydrogen-bond donors (Lipinski definition) is 0. The largest absolute Gasteiger partial charge is 0.519 e. The van der Waals surface area contributed by atoms with E-state index in [9.17, 15) is 4.79 Å². The summed E-state index contributed by atoms with van der Waals surface area (Å²) >= 11 is 0. The van der Waals surface area contributed by atoms with Gasteiger partial charge in [0, 0.05) is 6.10 Å². The van der Waals surface area contributed by atoms with E-state index in [0.717, 1.165) is 18.9 Å². The lowest BCUT2D eigenvalue weighted by Crippen LogP contribution is -2.46. The van der Waals surface area contributed by atoms with E-state index >= 15 is 0 Å². The van der Waals surface area contributed by atoms with Crippen LogP contribution in [0, 0.1) is 5.92 Å². The van der Waals surface area contributed by atoms with Gasteiger partial charge in [-0.3, -0.25) is 4.79 Å². The molecule has 3 unspecified atom stereocenters. The maximum atomic E-state index is 12.4. The van der Waals surface area contributed by atoms with E-state index in [2.05, 4.69) is 34.2 Å². The number of carbonyl (C=O) groups excluding carboxylic acids is 1. The van der Waals surface area contributed by atoms with Crippen LogP contribution in [0.25, 0.3) is 0 Å². The average Bonchev–Trinajstić information content (AvgIpc) is 2.44. The van der Waals surface area contributed by atoms with Gasteiger partial charge in [0.05, 0.1) is 5.92 Å². The molecule has 0 aromatic rings. The number of carbonyl (C=O) groups is 1. The van der Waals surface area contributed by atoms with Crippen molar-refractivity contribution in [2.24, 2.45) is 5.92 Å². The van der Waals surface area contributed by atoms with Gasteiger partial charge in [0.25, 0.3) is 14.3 Å². The van der Waals surface area contributed by atoms with Crippen LogP contribution in [-0.2, 0) is 13.6 Å². The van der Waals surface area contributed by atoms with E-state index in [0.29, 0.717) is 20.8 Å². The monoisotopic (exact) mass is 330 g/mol. The fourth-order valence-corrected chi connectivity index (χ4v) is 6.71. The van der Waals surface area contributed by atoms with Gasteiger partial charge in [-0.05, 0) is 37.5 Å². The summed E-state index contributed by atoms with van der Waals surface area (Å²) in [6, 6.07) is 0.766. The van der Waals surface area contributed by atoms with E-state index in [1.165, 1.54) is 0 Å². The summed E-state index contributed by atoms with van der Waals surface area (Å²) in [7, 11) is -1.65. The lowest BCUT2D eigenvalue weighted by atomic mass is 10.2. The van der Waals surface area contributed by atoms with Crippen molar-refractivity contribution in [2.75, 3.05) is 0 Å². The minimum absolute atomic E-state index is 0.0235. The van der Waals surface area contributed by atoms with Crippen LogP contribution in [0.5, 0.6) is 0 Å². The molecule has 3 atom stereocenters. The Balaban J connectivity index is 4.66. The first kappa shape index (κ1) is 20.9. The molecule has 0 saturated heterocycles. The minimum atomic E-state index is -2.03. The van der Waals surface area contributed by atoms with Gasteiger partial charge in [-0.1, -0.05) is 47.5 Å². The molecule has 0 aromatic heterocycles. The van der Waals surface area contributed by atoms with Crippen molar-refractivity contribution in [3.05, 3.63) is 0 Å². The van der Waals surface area contributed by atoms with Crippen LogP contribution in [0.15, 0.2) is 0 Å². The molecule has 0 rings (SSSR count). The molecule has 0 aliphatic carbocycles. The van der Waals surface area contributed by atoms with Crippen LogP contribution in [-0.4, -0.2) is 30.2 Å². The first-order chi connectivity index (χ1) is 9.68. The van der Waals surface area contributed by atoms with Crippen molar-refractivity contribution in [3.8, 4) is 0 Å². The van der Waals surface area contributed by atoms with E-state index in [-0.39, 0.29) is 18.0 Å². The number of rotatable bonds is 10. The summed E-state index contributed by atoms with van der Waals surface area (Å²) in [5, 5.41) is 0. The quantitative estimate of drug-likeness (QED) is 0.540. The predicted octanol–water partition coefficient (Wildman–Crippen LogP) is 4.80. The maximum Gasteiger partial charge on any atom is 0.295 e. The van der Waals surface area contributed by atoms with Crippen LogP contribution in [0.1, 0.15) is 61.3 Å². The van der Waals surface area contributed by atoms with Gasteiger partial charge in [-0.15, -0.1) is 0 Å². The highest BCUT2D eigenvalue weighted by Crippen LogP contribution is 2.38. The third-order valence-electron chi connectivity index (χ3n) is 4.61. The van der Waals surface area contributed by atoms with Crippen LogP contribution < -0.4 is 0 Å². The molecule has 21 heavy (non-hydrogen) atoms. The van der Waals surface area contributed by atoms with E-state index < -0.39 is 8.32 Å². The fraction of sp³-hybridized carbons (Fsp3) is 0.938. The molecule has 124 valence electrons. The normalized spacial score (nSPS) is 18.9. The Morgan fingerprint density at radius 1 is 1.05 bits per heavy atom. The zero-order valence-electron chi connectivity index (χ0n) is 15.2. The molecule has 0 N–H and O–H groups in total. The van der Waals surface area contributed by atoms with Crippen molar-refractivity contribution in [2.45, 2.75) is 91.1 Å². The topological polar surface area (TPSA) is 35.5 Å². The second-order valence-corrected chi connectivity index (χ2v) is 12.1. The molecule has 3 nitrogen and oxygen atoms in total. The summed E-state index contributed by atoms with van der Waals surface area (Å²) < 4.78 is 11.7. The third-order valence-corrected chi connectivity index (χ3v) is 11.4. The Morgan fingerprint density at radius 3 is 1.90 bits per heavy atom. The zero-order chi connectivity index (χ0) is 16.6. The summed E-state index contributed by atoms with van der Waals surface area (Å²) in [5.41, 5.74) is 0.996. The smallest absolute Gasteiger partial charge is 0.295 e. The fourth-order valence-electron chi connectivity index (χ4n) is 2.24. The molecule has 0 fully saturated rings. The van der Waals surface area contributed by atoms with Gasteiger partial charge in [-0.25, -0.2) is 0 Å². The molecule has 0 saturated carbocycles. The lowest BCUT2D eigenvalue weighted by Gasteiger charge is -2.37. The number of hydrogen-bond acceptors (Lipinski definition) is 3. The SMILES string of the molecule is CCC(C)[Si](C)(OC(=O)C(C)C[Si]OC(C)C)C(C)CC. The van der Waals surface area contributed by atoms with Crippen molar-refractivity contribution < 1.29 is 13.6 Å². The highest BCUT2D eigenvalue weighted by Gasteiger charge is 2.43. The van der Waals surface area contributed by atoms with Crippen molar-refractivity contribution in [1.82, 2.24) is 0 Å². The van der Waals surface area contributed by atoms with Gasteiger partial charge in [-0.2, -0.15) is 0 Å². The second kappa shape index (κ2) is 9.79. The summed E-state index contributed by atoms with van der Waals surface area (Å²) in [5.74, 6) is -0.0911. The molecule has 0 heterocycles. The Hall–Kier alpha value is -0.136. The first-order valence-corrected chi connectivity index (χ1v) is 12.0. The molecule has 0 aliphatic rings. The Kier molecular flexibility index (Phi) is 9.73. The summed E-state index contributed by atoms with van der Waals surface area (Å²) in [4.78, 5) is 12.4.